The third-order valence-corrected chi connectivity index (χ3v) is 7.80. The Morgan fingerprint density at radius 3 is 2.63 bits per heavy atom. The number of hydrogen-bond acceptors (Lipinski definition) is 5. The number of ether oxygens (including phenoxy) is 1. The maximum absolute atomic E-state index is 12.9. The summed E-state index contributed by atoms with van der Waals surface area (Å²) in [4.78, 5) is 31.6. The Morgan fingerprint density at radius 1 is 1.14 bits per heavy atom. The van der Waals surface area contributed by atoms with Crippen molar-refractivity contribution in [3.63, 3.8) is 0 Å². The summed E-state index contributed by atoms with van der Waals surface area (Å²) < 4.78 is 6.33. The van der Waals surface area contributed by atoms with Crippen LogP contribution in [0.1, 0.15) is 44.4 Å². The van der Waals surface area contributed by atoms with E-state index >= 15 is 0 Å². The van der Waals surface area contributed by atoms with Crippen molar-refractivity contribution < 1.29 is 19.4 Å². The molecule has 0 unspecified atom stereocenters. The van der Waals surface area contributed by atoms with Crippen LogP contribution < -0.4 is 0 Å². The number of phenols is 1. The van der Waals surface area contributed by atoms with Crippen LogP contribution in [0.4, 0.5) is 0 Å². The predicted octanol–water partition coefficient (Wildman–Crippen LogP) is 4.71. The summed E-state index contributed by atoms with van der Waals surface area (Å²) in [6.07, 6.45) is 5.77. The van der Waals surface area contributed by atoms with Crippen LogP contribution in [0.3, 0.4) is 0 Å². The minimum Gasteiger partial charge on any atom is -0.507 e. The SMILES string of the molecule is CC(C)C1=C2[C@@H](CC/C(=C/c3ccccc3O)c3ccccn3)OC[C@@H]2[C@@H]2C(=O)N(C)C(=O)[C@@H]2C1. The van der Waals surface area contributed by atoms with Gasteiger partial charge in [0, 0.05) is 24.7 Å². The first kappa shape index (κ1) is 23.5. The van der Waals surface area contributed by atoms with E-state index in [1.165, 1.54) is 16.0 Å². The number of pyridine rings is 1. The number of allylic oxidation sites excluding steroid dienone is 2. The van der Waals surface area contributed by atoms with Crippen LogP contribution in [-0.4, -0.2) is 46.6 Å². The number of aromatic nitrogens is 1. The average Bonchev–Trinajstić information content (AvgIpc) is 3.37. The van der Waals surface area contributed by atoms with Gasteiger partial charge in [0.25, 0.3) is 0 Å². The summed E-state index contributed by atoms with van der Waals surface area (Å²) in [7, 11) is 1.61. The Hall–Kier alpha value is -3.25. The summed E-state index contributed by atoms with van der Waals surface area (Å²) in [5, 5.41) is 10.3. The number of carbonyl (C=O) groups is 2. The number of rotatable bonds is 6. The minimum atomic E-state index is -0.304. The smallest absolute Gasteiger partial charge is 0.233 e. The first-order valence-electron chi connectivity index (χ1n) is 12.4. The Balaban J connectivity index is 1.45. The molecule has 3 heterocycles. The monoisotopic (exact) mass is 472 g/mol. The molecule has 1 aliphatic carbocycles. The normalized spacial score (nSPS) is 26.5. The lowest BCUT2D eigenvalue weighted by Crippen LogP contribution is -2.34. The molecule has 2 aliphatic heterocycles. The highest BCUT2D eigenvalue weighted by molar-refractivity contribution is 6.05. The van der Waals surface area contributed by atoms with Gasteiger partial charge in [-0.05, 0) is 60.6 Å². The van der Waals surface area contributed by atoms with Gasteiger partial charge in [0.15, 0.2) is 0 Å². The second kappa shape index (κ2) is 9.42. The van der Waals surface area contributed by atoms with Crippen LogP contribution >= 0.6 is 0 Å². The van der Waals surface area contributed by atoms with Gasteiger partial charge in [0.1, 0.15) is 5.75 Å². The number of carbonyl (C=O) groups excluding carboxylic acids is 2. The van der Waals surface area contributed by atoms with Crippen molar-refractivity contribution >= 4 is 23.5 Å². The van der Waals surface area contributed by atoms with Crippen LogP contribution in [0, 0.1) is 23.7 Å². The summed E-state index contributed by atoms with van der Waals surface area (Å²) in [6.45, 7) is 4.81. The van der Waals surface area contributed by atoms with Gasteiger partial charge in [0.2, 0.25) is 11.8 Å². The van der Waals surface area contributed by atoms with E-state index in [2.05, 4.69) is 18.8 Å². The van der Waals surface area contributed by atoms with Crippen molar-refractivity contribution in [1.82, 2.24) is 9.88 Å². The number of nitrogens with zero attached hydrogens (tertiary/aromatic N) is 2. The molecule has 1 aromatic heterocycles. The molecule has 35 heavy (non-hydrogen) atoms. The Labute approximate surface area is 206 Å². The molecule has 2 saturated heterocycles. The molecular formula is C29H32N2O4. The van der Waals surface area contributed by atoms with Gasteiger partial charge < -0.3 is 9.84 Å². The molecule has 3 aliphatic rings. The first-order chi connectivity index (χ1) is 16.9. The minimum absolute atomic E-state index is 0.0296. The molecule has 0 bridgehead atoms. The fourth-order valence-corrected chi connectivity index (χ4v) is 6.03. The lowest BCUT2D eigenvalue weighted by atomic mass is 9.67. The maximum Gasteiger partial charge on any atom is 0.233 e. The fraction of sp³-hybridized carbons (Fsp3) is 0.414. The number of para-hydroxylation sites is 1. The standard InChI is InChI=1S/C29H32N2O4/c1-17(2)20-15-21-27(29(34)31(3)28(21)33)22-16-35-25(26(20)22)12-11-18(23-9-6-7-13-30-23)14-19-8-4-5-10-24(19)32/h4-10,13-14,17,21-22,25,27,32H,11-12,15-16H2,1-3H3/b18-14-/t21-,22+,25-,27-/m1/s1. The molecule has 1 aromatic carbocycles. The Bertz CT molecular complexity index is 1200. The molecule has 4 atom stereocenters. The molecule has 2 fully saturated rings. The lowest BCUT2D eigenvalue weighted by Gasteiger charge is -2.33. The van der Waals surface area contributed by atoms with Crippen LogP contribution in [0.25, 0.3) is 11.6 Å². The van der Waals surface area contributed by atoms with Crippen molar-refractivity contribution in [2.75, 3.05) is 13.7 Å². The van der Waals surface area contributed by atoms with Gasteiger partial charge in [-0.2, -0.15) is 0 Å². The largest absolute Gasteiger partial charge is 0.507 e. The second-order valence-corrected chi connectivity index (χ2v) is 10.1. The fourth-order valence-electron chi connectivity index (χ4n) is 6.03. The van der Waals surface area contributed by atoms with Crippen LogP contribution in [0.2, 0.25) is 0 Å². The molecule has 0 spiro atoms. The zero-order valence-electron chi connectivity index (χ0n) is 20.5. The van der Waals surface area contributed by atoms with E-state index < -0.39 is 0 Å². The van der Waals surface area contributed by atoms with Crippen molar-refractivity contribution in [1.29, 1.82) is 0 Å². The number of aromatic hydroxyl groups is 1. The van der Waals surface area contributed by atoms with E-state index in [4.69, 9.17) is 4.74 Å². The summed E-state index contributed by atoms with van der Waals surface area (Å²) >= 11 is 0. The summed E-state index contributed by atoms with van der Waals surface area (Å²) in [5.41, 5.74) is 5.15. The van der Waals surface area contributed by atoms with Crippen molar-refractivity contribution in [3.8, 4) is 5.75 Å². The molecule has 1 N–H and O–H groups in total. The predicted molar refractivity (Wildman–Crippen MR) is 134 cm³/mol. The van der Waals surface area contributed by atoms with Gasteiger partial charge in [-0.1, -0.05) is 43.7 Å². The zero-order valence-corrected chi connectivity index (χ0v) is 20.5. The quantitative estimate of drug-likeness (QED) is 0.487. The first-order valence-corrected chi connectivity index (χ1v) is 12.4. The third-order valence-electron chi connectivity index (χ3n) is 7.80. The maximum atomic E-state index is 12.9. The van der Waals surface area contributed by atoms with Crippen LogP contribution in [0.15, 0.2) is 59.8 Å². The molecular weight excluding hydrogens is 440 g/mol. The molecule has 0 radical (unpaired) electrons. The van der Waals surface area contributed by atoms with Crippen LogP contribution in [-0.2, 0) is 14.3 Å². The molecule has 182 valence electrons. The number of imide groups is 1. The molecule has 2 aromatic rings. The molecule has 5 rings (SSSR count). The lowest BCUT2D eigenvalue weighted by molar-refractivity contribution is -0.138. The third kappa shape index (κ3) is 4.20. The van der Waals surface area contributed by atoms with Crippen molar-refractivity contribution in [3.05, 3.63) is 71.1 Å². The average molecular weight is 473 g/mol. The Kier molecular flexibility index (Phi) is 6.32. The number of fused-ring (bicyclic) bond motifs is 3. The molecule has 6 nitrogen and oxygen atoms in total. The van der Waals surface area contributed by atoms with E-state index in [9.17, 15) is 14.7 Å². The highest BCUT2D eigenvalue weighted by atomic mass is 16.5. The van der Waals surface area contributed by atoms with E-state index in [0.29, 0.717) is 25.4 Å². The van der Waals surface area contributed by atoms with Gasteiger partial charge in [0.05, 0.1) is 30.2 Å². The van der Waals surface area contributed by atoms with Crippen molar-refractivity contribution in [2.45, 2.75) is 39.2 Å². The number of benzene rings is 1. The highest BCUT2D eigenvalue weighted by Gasteiger charge is 2.56. The summed E-state index contributed by atoms with van der Waals surface area (Å²) in [5.74, 6) is -0.189. The van der Waals surface area contributed by atoms with Crippen LogP contribution in [0.5, 0.6) is 5.75 Å². The molecule has 2 amide bonds. The van der Waals surface area contributed by atoms with Gasteiger partial charge in [-0.25, -0.2) is 0 Å². The zero-order chi connectivity index (χ0) is 24.7. The number of phenolic OH excluding ortho intramolecular Hbond substituents is 1. The van der Waals surface area contributed by atoms with E-state index in [0.717, 1.165) is 23.3 Å². The van der Waals surface area contributed by atoms with E-state index in [-0.39, 0.29) is 41.4 Å². The molecule has 0 saturated carbocycles. The molecule has 6 heteroatoms. The number of hydrogen-bond donors (Lipinski definition) is 1. The second-order valence-electron chi connectivity index (χ2n) is 10.1. The van der Waals surface area contributed by atoms with Gasteiger partial charge >= 0.3 is 0 Å². The number of amides is 2. The summed E-state index contributed by atoms with van der Waals surface area (Å²) in [6, 6.07) is 13.1. The van der Waals surface area contributed by atoms with Crippen molar-refractivity contribution in [2.24, 2.45) is 23.7 Å². The van der Waals surface area contributed by atoms with E-state index in [1.54, 1.807) is 19.3 Å². The van der Waals surface area contributed by atoms with E-state index in [1.807, 2.05) is 42.5 Å². The topological polar surface area (TPSA) is 79.7 Å². The number of likely N-dealkylation sites (tertiary alicyclic amines) is 1. The Morgan fingerprint density at radius 2 is 1.91 bits per heavy atom. The highest BCUT2D eigenvalue weighted by Crippen LogP contribution is 2.51. The van der Waals surface area contributed by atoms with Gasteiger partial charge in [-0.3, -0.25) is 19.5 Å². The van der Waals surface area contributed by atoms with Gasteiger partial charge in [-0.15, -0.1) is 0 Å².